The minimum absolute atomic E-state index is 0.0430. The first-order valence-electron chi connectivity index (χ1n) is 26.6. The van der Waals surface area contributed by atoms with Crippen LogP contribution in [0.15, 0.2) is 0 Å². The summed E-state index contributed by atoms with van der Waals surface area (Å²) in [4.78, 5) is 200. The molecule has 0 saturated carbocycles. The summed E-state index contributed by atoms with van der Waals surface area (Å²) in [5.74, 6) is -4.62. The van der Waals surface area contributed by atoms with Crippen LogP contribution >= 0.6 is 0 Å². The monoisotopic (exact) mass is 1070 g/mol. The van der Waals surface area contributed by atoms with Gasteiger partial charge >= 0.3 is 0 Å². The van der Waals surface area contributed by atoms with Crippen LogP contribution in [0.2, 0.25) is 0 Å². The van der Waals surface area contributed by atoms with Crippen LogP contribution in [0.3, 0.4) is 0 Å². The fourth-order valence-corrected chi connectivity index (χ4v) is 7.57. The molecule has 0 radical (unpaired) electrons. The Kier molecular flexibility index (Phi) is 35.8. The van der Waals surface area contributed by atoms with Crippen molar-refractivity contribution in [3.05, 3.63) is 0 Å². The maximum atomic E-state index is 14.2. The normalized spacial score (nSPS) is 10.7. The fraction of sp³-hybridized carbons (Fsp3) is 0.722. The van der Waals surface area contributed by atoms with E-state index in [1.807, 2.05) is 0 Å². The standard InChI is InChI=1S/C54H87N7O15/c1-10-11-48(70)59(34-20-53(75)60(36-22-49(71)55(26-12-40(2)62)27-13-41(3)63)37-23-50(72)56(28-14-42(4)64)29-15-43(5)65)35-21-54(76)61(38-24-51(73)57(30-16-44(6)66)31-17-45(7)67)39-25-52(74)58(32-18-46(8)68)33-19-47(9)69/h10-39H2,1-9H3. The van der Waals surface area contributed by atoms with E-state index in [1.165, 1.54) is 89.7 Å². The summed E-state index contributed by atoms with van der Waals surface area (Å²) in [7, 11) is 0. The smallest absolute Gasteiger partial charge is 0.224 e. The van der Waals surface area contributed by atoms with Gasteiger partial charge in [-0.05, 0) is 61.8 Å². The number of Topliss-reactive ketones (excluding diaryl/α,β-unsaturated/α-hetero) is 8. The number of carbonyl (C=O) groups is 15. The number of nitrogens with zero attached hydrogens (tertiary/aromatic N) is 7. The van der Waals surface area contributed by atoms with E-state index in [0.717, 1.165) is 0 Å². The number of ketones is 8. The molecule has 22 nitrogen and oxygen atoms in total. The molecule has 0 rings (SSSR count). The Labute approximate surface area is 449 Å². The summed E-state index contributed by atoms with van der Waals surface area (Å²) in [6, 6.07) is 0. The molecule has 0 heterocycles. The lowest BCUT2D eigenvalue weighted by molar-refractivity contribution is -0.138. The molecule has 0 spiro atoms. The zero-order valence-electron chi connectivity index (χ0n) is 47.0. The third-order valence-corrected chi connectivity index (χ3v) is 12.4. The Morgan fingerprint density at radius 1 is 0.184 bits per heavy atom. The molecule has 428 valence electrons. The van der Waals surface area contributed by atoms with Crippen molar-refractivity contribution in [1.82, 2.24) is 34.3 Å². The number of rotatable bonds is 44. The molecule has 0 aliphatic carbocycles. The predicted molar refractivity (Wildman–Crippen MR) is 281 cm³/mol. The Hall–Kier alpha value is -6.35. The highest BCUT2D eigenvalue weighted by molar-refractivity contribution is 5.86. The maximum Gasteiger partial charge on any atom is 0.224 e. The second kappa shape index (κ2) is 39.1. The van der Waals surface area contributed by atoms with Crippen molar-refractivity contribution in [2.75, 3.05) is 91.6 Å². The van der Waals surface area contributed by atoms with E-state index in [-0.39, 0.29) is 240 Å². The van der Waals surface area contributed by atoms with Gasteiger partial charge < -0.3 is 34.3 Å². The Morgan fingerprint density at radius 2 is 0.289 bits per heavy atom. The second-order valence-corrected chi connectivity index (χ2v) is 19.5. The molecule has 0 aliphatic rings. The van der Waals surface area contributed by atoms with Crippen LogP contribution in [0.4, 0.5) is 0 Å². The van der Waals surface area contributed by atoms with E-state index in [4.69, 9.17) is 0 Å². The first kappa shape index (κ1) is 69.7. The van der Waals surface area contributed by atoms with Gasteiger partial charge in [0.15, 0.2) is 0 Å². The lowest BCUT2D eigenvalue weighted by Crippen LogP contribution is -2.43. The molecule has 76 heavy (non-hydrogen) atoms. The van der Waals surface area contributed by atoms with Crippen LogP contribution < -0.4 is 0 Å². The zero-order chi connectivity index (χ0) is 57.9. The van der Waals surface area contributed by atoms with Crippen molar-refractivity contribution in [3.8, 4) is 0 Å². The molecule has 0 aromatic carbocycles. The average Bonchev–Trinajstić information content (AvgIpc) is 3.32. The molecule has 0 saturated heterocycles. The summed E-state index contributed by atoms with van der Waals surface area (Å²) >= 11 is 0. The maximum absolute atomic E-state index is 14.2. The van der Waals surface area contributed by atoms with Crippen LogP contribution in [0.1, 0.15) is 165 Å². The number of carbonyl (C=O) groups excluding carboxylic acids is 15. The van der Waals surface area contributed by atoms with Gasteiger partial charge in [0.05, 0.1) is 0 Å². The summed E-state index contributed by atoms with van der Waals surface area (Å²) in [6.07, 6.45) is -0.735. The fourth-order valence-electron chi connectivity index (χ4n) is 7.57. The molecule has 0 atom stereocenters. The molecule has 0 unspecified atom stereocenters. The van der Waals surface area contributed by atoms with Crippen LogP contribution in [-0.2, 0) is 71.9 Å². The Balaban J connectivity index is 6.80. The molecular formula is C54H87N7O15. The first-order chi connectivity index (χ1) is 35.7. The summed E-state index contributed by atoms with van der Waals surface area (Å²) in [5, 5.41) is 0. The SMILES string of the molecule is CCCC(=O)N(CCC(=O)N(CCC(=O)N(CCC(C)=O)CCC(C)=O)CCC(=O)N(CCC(C)=O)CCC(C)=O)CCC(=O)N(CCC(=O)N(CCC(C)=O)CCC(C)=O)CCC(=O)N(CCC(C)=O)CCC(C)=O. The molecule has 0 bridgehead atoms. The second-order valence-electron chi connectivity index (χ2n) is 19.5. The molecular weight excluding hydrogens is 987 g/mol. The van der Waals surface area contributed by atoms with Gasteiger partial charge in [-0.1, -0.05) is 6.92 Å². The average molecular weight is 1070 g/mol. The number of hydrogen-bond donors (Lipinski definition) is 0. The highest BCUT2D eigenvalue weighted by atomic mass is 16.2. The first-order valence-corrected chi connectivity index (χ1v) is 26.6. The van der Waals surface area contributed by atoms with Crippen molar-refractivity contribution in [2.45, 2.75) is 165 Å². The van der Waals surface area contributed by atoms with E-state index in [9.17, 15) is 71.9 Å². The van der Waals surface area contributed by atoms with Crippen molar-refractivity contribution < 1.29 is 71.9 Å². The zero-order valence-corrected chi connectivity index (χ0v) is 47.0. The van der Waals surface area contributed by atoms with Gasteiger partial charge in [0.2, 0.25) is 41.4 Å². The van der Waals surface area contributed by atoms with Crippen LogP contribution in [-0.4, -0.2) is 214 Å². The highest BCUT2D eigenvalue weighted by Crippen LogP contribution is 2.12. The number of amides is 7. The van der Waals surface area contributed by atoms with Crippen molar-refractivity contribution in [1.29, 1.82) is 0 Å². The van der Waals surface area contributed by atoms with Crippen molar-refractivity contribution >= 4 is 87.6 Å². The molecule has 22 heteroatoms. The van der Waals surface area contributed by atoms with Crippen molar-refractivity contribution in [3.63, 3.8) is 0 Å². The molecule has 0 N–H and O–H groups in total. The van der Waals surface area contributed by atoms with Gasteiger partial charge in [-0.15, -0.1) is 0 Å². The lowest BCUT2D eigenvalue weighted by atomic mass is 10.2. The molecule has 0 fully saturated rings. The number of hydrogen-bond acceptors (Lipinski definition) is 15. The Morgan fingerprint density at radius 3 is 0.395 bits per heavy atom. The lowest BCUT2D eigenvalue weighted by Gasteiger charge is -2.29. The van der Waals surface area contributed by atoms with E-state index < -0.39 is 35.4 Å². The van der Waals surface area contributed by atoms with E-state index in [0.29, 0.717) is 6.42 Å². The van der Waals surface area contributed by atoms with E-state index in [2.05, 4.69) is 0 Å². The van der Waals surface area contributed by atoms with Crippen LogP contribution in [0.5, 0.6) is 0 Å². The Bertz CT molecular complexity index is 1720. The third kappa shape index (κ3) is 33.5. The molecule has 0 aromatic rings. The third-order valence-electron chi connectivity index (χ3n) is 12.4. The van der Waals surface area contributed by atoms with Gasteiger partial charge in [-0.3, -0.25) is 71.9 Å². The molecule has 7 amide bonds. The minimum atomic E-state index is -0.545. The largest absolute Gasteiger partial charge is 0.342 e. The summed E-state index contributed by atoms with van der Waals surface area (Å²) in [6.45, 7) is 12.0. The molecule has 0 aliphatic heterocycles. The van der Waals surface area contributed by atoms with Gasteiger partial charge in [-0.25, -0.2) is 0 Å². The topological polar surface area (TPSA) is 279 Å². The van der Waals surface area contributed by atoms with Crippen molar-refractivity contribution in [2.24, 2.45) is 0 Å². The van der Waals surface area contributed by atoms with E-state index in [1.54, 1.807) is 6.92 Å². The molecule has 0 aromatic heterocycles. The minimum Gasteiger partial charge on any atom is -0.342 e. The quantitative estimate of drug-likeness (QED) is 0.0848. The summed E-state index contributed by atoms with van der Waals surface area (Å²) in [5.41, 5.74) is 0. The highest BCUT2D eigenvalue weighted by Gasteiger charge is 2.26. The van der Waals surface area contributed by atoms with Crippen LogP contribution in [0.25, 0.3) is 0 Å². The van der Waals surface area contributed by atoms with Gasteiger partial charge in [0.25, 0.3) is 0 Å². The van der Waals surface area contributed by atoms with Gasteiger partial charge in [-0.2, -0.15) is 0 Å². The van der Waals surface area contributed by atoms with E-state index >= 15 is 0 Å². The predicted octanol–water partition coefficient (Wildman–Crippen LogP) is 2.76. The van der Waals surface area contributed by atoms with Gasteiger partial charge in [0, 0.05) is 188 Å². The summed E-state index contributed by atoms with van der Waals surface area (Å²) < 4.78 is 0. The van der Waals surface area contributed by atoms with Crippen LogP contribution in [0, 0.1) is 0 Å². The van der Waals surface area contributed by atoms with Gasteiger partial charge in [0.1, 0.15) is 46.3 Å².